The molecule has 0 aliphatic carbocycles. The van der Waals surface area contributed by atoms with Crippen LogP contribution in [0.3, 0.4) is 0 Å². The summed E-state index contributed by atoms with van der Waals surface area (Å²) in [5, 5.41) is 10.1. The Labute approximate surface area is 163 Å². The first-order valence-corrected chi connectivity index (χ1v) is 10.3. The molecular weight excluding hydrogens is 342 g/mol. The van der Waals surface area contributed by atoms with E-state index in [1.54, 1.807) is 0 Å². The van der Waals surface area contributed by atoms with Crippen molar-refractivity contribution in [2.75, 3.05) is 19.8 Å². The number of unbranched alkanes of at least 4 members (excludes halogenated alkanes) is 4. The molecule has 1 N–H and O–H groups in total. The molecule has 1 aromatic carbocycles. The molecule has 0 unspecified atom stereocenters. The van der Waals surface area contributed by atoms with Gasteiger partial charge >= 0.3 is 0 Å². The quantitative estimate of drug-likeness (QED) is 0.528. The van der Waals surface area contributed by atoms with E-state index in [9.17, 15) is 5.11 Å². The highest BCUT2D eigenvalue weighted by Gasteiger charge is 2.29. The molecule has 1 aliphatic rings. The van der Waals surface area contributed by atoms with Crippen LogP contribution in [0.25, 0.3) is 0 Å². The van der Waals surface area contributed by atoms with Crippen molar-refractivity contribution in [2.24, 2.45) is 4.99 Å². The first-order valence-electron chi connectivity index (χ1n) is 10.3. The second-order valence-corrected chi connectivity index (χ2v) is 7.71. The lowest BCUT2D eigenvalue weighted by Crippen LogP contribution is -2.17. The van der Waals surface area contributed by atoms with Gasteiger partial charge in [-0.15, -0.1) is 0 Å². The minimum atomic E-state index is -0.250. The van der Waals surface area contributed by atoms with Crippen LogP contribution in [0.4, 0.5) is 0 Å². The molecule has 27 heavy (non-hydrogen) atoms. The maximum atomic E-state index is 10.1. The zero-order valence-electron chi connectivity index (χ0n) is 17.3. The van der Waals surface area contributed by atoms with Crippen LogP contribution in [-0.4, -0.2) is 36.4 Å². The second kappa shape index (κ2) is 10.5. The van der Waals surface area contributed by atoms with Crippen molar-refractivity contribution in [2.45, 2.75) is 78.4 Å². The van der Waals surface area contributed by atoms with Crippen molar-refractivity contribution in [3.63, 3.8) is 0 Å². The third kappa shape index (κ3) is 6.13. The van der Waals surface area contributed by atoms with Crippen LogP contribution in [0.1, 0.15) is 77.3 Å². The molecule has 0 atom stereocenters. The number of hydrogen-bond acceptors (Lipinski definition) is 5. The predicted octanol–water partition coefficient (Wildman–Crippen LogP) is 4.87. The predicted molar refractivity (Wildman–Crippen MR) is 109 cm³/mol. The van der Waals surface area contributed by atoms with Gasteiger partial charge in [0.25, 0.3) is 0 Å². The molecule has 0 spiro atoms. The number of aliphatic hydroxyl groups is 1. The summed E-state index contributed by atoms with van der Waals surface area (Å²) in [6.07, 6.45) is 6.52. The van der Waals surface area contributed by atoms with Crippen LogP contribution in [0, 0.1) is 0 Å². The Morgan fingerprint density at radius 3 is 2.26 bits per heavy atom. The lowest BCUT2D eigenvalue weighted by atomic mass is 10.1. The molecule has 0 saturated carbocycles. The topological polar surface area (TPSA) is 60.3 Å². The SMILES string of the molecule is CCCCCOc1ccc(C2=NC(C)(C)CO2)c(CO)c1OCCCCC. The minimum Gasteiger partial charge on any atom is -0.490 e. The molecular formula is C22H35NO4. The number of hydrogen-bond donors (Lipinski definition) is 1. The molecule has 1 aliphatic heterocycles. The summed E-state index contributed by atoms with van der Waals surface area (Å²) in [7, 11) is 0. The van der Waals surface area contributed by atoms with E-state index in [4.69, 9.17) is 14.2 Å². The molecule has 0 fully saturated rings. The Morgan fingerprint density at radius 2 is 1.70 bits per heavy atom. The third-order valence-corrected chi connectivity index (χ3v) is 4.58. The number of nitrogens with zero attached hydrogens (tertiary/aromatic N) is 1. The van der Waals surface area contributed by atoms with Crippen molar-refractivity contribution in [3.05, 3.63) is 23.3 Å². The monoisotopic (exact) mass is 377 g/mol. The highest BCUT2D eigenvalue weighted by Crippen LogP contribution is 2.36. The molecule has 1 aromatic rings. The van der Waals surface area contributed by atoms with Gasteiger partial charge in [0.2, 0.25) is 5.90 Å². The summed E-state index contributed by atoms with van der Waals surface area (Å²) in [5.74, 6) is 1.88. The van der Waals surface area contributed by atoms with E-state index in [0.717, 1.165) is 44.1 Å². The van der Waals surface area contributed by atoms with Crippen molar-refractivity contribution >= 4 is 5.90 Å². The van der Waals surface area contributed by atoms with Crippen LogP contribution < -0.4 is 9.47 Å². The normalized spacial score (nSPS) is 15.4. The summed E-state index contributed by atoms with van der Waals surface area (Å²) < 4.78 is 17.8. The van der Waals surface area contributed by atoms with Crippen LogP contribution in [0.2, 0.25) is 0 Å². The van der Waals surface area contributed by atoms with E-state index in [1.807, 2.05) is 26.0 Å². The van der Waals surface area contributed by atoms with E-state index in [0.29, 0.717) is 42.8 Å². The summed E-state index contributed by atoms with van der Waals surface area (Å²) in [6, 6.07) is 3.83. The maximum Gasteiger partial charge on any atom is 0.217 e. The van der Waals surface area contributed by atoms with Gasteiger partial charge in [-0.25, -0.2) is 4.99 Å². The zero-order chi connectivity index (χ0) is 19.7. The fourth-order valence-electron chi connectivity index (χ4n) is 3.02. The number of rotatable bonds is 12. The van der Waals surface area contributed by atoms with Crippen LogP contribution in [-0.2, 0) is 11.3 Å². The standard InChI is InChI=1S/C22H35NO4/c1-5-7-9-13-25-19-12-11-17(21-23-22(3,4)16-27-21)18(15-24)20(19)26-14-10-8-6-2/h11-12,24H,5-10,13-16H2,1-4H3. The van der Waals surface area contributed by atoms with Gasteiger partial charge in [0.1, 0.15) is 6.61 Å². The van der Waals surface area contributed by atoms with E-state index >= 15 is 0 Å². The molecule has 0 bridgehead atoms. The van der Waals surface area contributed by atoms with Gasteiger partial charge < -0.3 is 19.3 Å². The lowest BCUT2D eigenvalue weighted by molar-refractivity contribution is 0.238. The van der Waals surface area contributed by atoms with Crippen molar-refractivity contribution in [3.8, 4) is 11.5 Å². The lowest BCUT2D eigenvalue weighted by Gasteiger charge is -2.18. The third-order valence-electron chi connectivity index (χ3n) is 4.58. The Bertz CT molecular complexity index is 625. The van der Waals surface area contributed by atoms with Crippen LogP contribution in [0.15, 0.2) is 17.1 Å². The van der Waals surface area contributed by atoms with Crippen molar-refractivity contribution in [1.29, 1.82) is 0 Å². The van der Waals surface area contributed by atoms with E-state index in [1.165, 1.54) is 0 Å². The number of ether oxygens (including phenoxy) is 3. The maximum absolute atomic E-state index is 10.1. The summed E-state index contributed by atoms with van der Waals surface area (Å²) in [4.78, 5) is 4.65. The fourth-order valence-corrected chi connectivity index (χ4v) is 3.02. The van der Waals surface area contributed by atoms with Gasteiger partial charge in [-0.1, -0.05) is 39.5 Å². The molecule has 2 rings (SSSR count). The number of aliphatic imine (C=N–C) groups is 1. The van der Waals surface area contributed by atoms with Gasteiger partial charge in [0.05, 0.1) is 25.4 Å². The highest BCUT2D eigenvalue weighted by atomic mass is 16.5. The van der Waals surface area contributed by atoms with Crippen molar-refractivity contribution in [1.82, 2.24) is 0 Å². The number of benzene rings is 1. The van der Waals surface area contributed by atoms with E-state index in [-0.39, 0.29) is 12.1 Å². The average molecular weight is 378 g/mol. The zero-order valence-corrected chi connectivity index (χ0v) is 17.3. The van der Waals surface area contributed by atoms with Gasteiger partial charge in [-0.05, 0) is 38.8 Å². The molecule has 0 saturated heterocycles. The summed E-state index contributed by atoms with van der Waals surface area (Å²) >= 11 is 0. The minimum absolute atomic E-state index is 0.145. The highest BCUT2D eigenvalue weighted by molar-refractivity contribution is 5.97. The Hall–Kier alpha value is -1.75. The Kier molecular flexibility index (Phi) is 8.42. The molecule has 152 valence electrons. The largest absolute Gasteiger partial charge is 0.490 e. The van der Waals surface area contributed by atoms with Crippen LogP contribution in [0.5, 0.6) is 11.5 Å². The molecule has 5 nitrogen and oxygen atoms in total. The Morgan fingerprint density at radius 1 is 1.04 bits per heavy atom. The summed E-state index contributed by atoms with van der Waals surface area (Å²) in [5.41, 5.74) is 1.23. The van der Waals surface area contributed by atoms with Gasteiger partial charge in [0.15, 0.2) is 11.5 Å². The molecule has 0 aromatic heterocycles. The smallest absolute Gasteiger partial charge is 0.217 e. The first kappa shape index (κ1) is 21.5. The van der Waals surface area contributed by atoms with Crippen molar-refractivity contribution < 1.29 is 19.3 Å². The van der Waals surface area contributed by atoms with Crippen LogP contribution >= 0.6 is 0 Å². The first-order chi connectivity index (χ1) is 13.0. The molecule has 0 amide bonds. The Balaban J connectivity index is 2.28. The molecule has 5 heteroatoms. The fraction of sp³-hybridized carbons (Fsp3) is 0.682. The molecule has 1 heterocycles. The van der Waals surface area contributed by atoms with E-state index < -0.39 is 0 Å². The summed E-state index contributed by atoms with van der Waals surface area (Å²) in [6.45, 7) is 10.0. The van der Waals surface area contributed by atoms with Gasteiger partial charge in [-0.2, -0.15) is 0 Å². The van der Waals surface area contributed by atoms with E-state index in [2.05, 4.69) is 18.8 Å². The van der Waals surface area contributed by atoms with Gasteiger partial charge in [0, 0.05) is 11.1 Å². The second-order valence-electron chi connectivity index (χ2n) is 7.71. The average Bonchev–Trinajstić information content (AvgIpc) is 3.02. The van der Waals surface area contributed by atoms with Gasteiger partial charge in [-0.3, -0.25) is 0 Å². The molecule has 0 radical (unpaired) electrons. The number of aliphatic hydroxyl groups excluding tert-OH is 1.